The number of benzene rings is 1. The first kappa shape index (κ1) is 21.4. The molecule has 0 aliphatic carbocycles. The molecule has 0 spiro atoms. The van der Waals surface area contributed by atoms with Gasteiger partial charge in [0.15, 0.2) is 0 Å². The van der Waals surface area contributed by atoms with Gasteiger partial charge in [-0.25, -0.2) is 9.78 Å². The molecule has 2 aliphatic rings. The summed E-state index contributed by atoms with van der Waals surface area (Å²) in [6.45, 7) is 7.11. The number of hydrogen-bond acceptors (Lipinski definition) is 6. The van der Waals surface area contributed by atoms with Gasteiger partial charge < -0.3 is 15.0 Å². The zero-order valence-electron chi connectivity index (χ0n) is 17.2. The molecule has 0 bridgehead atoms. The Kier molecular flexibility index (Phi) is 6.26. The maximum Gasteiger partial charge on any atom is 0.321 e. The average molecular weight is 454 g/mol. The van der Waals surface area contributed by atoms with Gasteiger partial charge in [-0.2, -0.15) is 17.0 Å². The van der Waals surface area contributed by atoms with Gasteiger partial charge in [-0.15, -0.1) is 11.3 Å². The van der Waals surface area contributed by atoms with Crippen LogP contribution in [0.15, 0.2) is 18.2 Å². The van der Waals surface area contributed by atoms with Crippen molar-refractivity contribution in [2.24, 2.45) is 0 Å². The van der Waals surface area contributed by atoms with E-state index in [4.69, 9.17) is 4.74 Å². The predicted octanol–water partition coefficient (Wildman–Crippen LogP) is 2.15. The molecule has 30 heavy (non-hydrogen) atoms. The van der Waals surface area contributed by atoms with Crippen molar-refractivity contribution in [1.82, 2.24) is 18.5 Å². The highest BCUT2D eigenvalue weighted by Gasteiger charge is 2.34. The number of nitrogens with zero attached hydrogens (tertiary/aromatic N) is 4. The SMILES string of the molecule is CC(C)c1nc2ccc(NC(=O)N3CCN(S(=O)(=O)N4CCOCC4)CC3)cc2s1. The molecule has 1 N–H and O–H groups in total. The Hall–Kier alpha value is -1.79. The third-order valence-corrected chi connectivity index (χ3v) is 8.65. The summed E-state index contributed by atoms with van der Waals surface area (Å²) < 4.78 is 34.7. The zero-order valence-corrected chi connectivity index (χ0v) is 18.8. The van der Waals surface area contributed by atoms with Crippen molar-refractivity contribution in [2.45, 2.75) is 19.8 Å². The largest absolute Gasteiger partial charge is 0.379 e. The van der Waals surface area contributed by atoms with Crippen LogP contribution in [0.1, 0.15) is 24.8 Å². The van der Waals surface area contributed by atoms with Crippen LogP contribution in [0.4, 0.5) is 10.5 Å². The fourth-order valence-electron chi connectivity index (χ4n) is 3.53. The molecule has 0 atom stereocenters. The summed E-state index contributed by atoms with van der Waals surface area (Å²) in [5.41, 5.74) is 1.65. The van der Waals surface area contributed by atoms with Crippen molar-refractivity contribution in [3.63, 3.8) is 0 Å². The number of fused-ring (bicyclic) bond motifs is 1. The fourth-order valence-corrected chi connectivity index (χ4v) is 6.10. The van der Waals surface area contributed by atoms with Gasteiger partial charge in [0.05, 0.1) is 28.4 Å². The Morgan fingerprint density at radius 1 is 1.10 bits per heavy atom. The third-order valence-electron chi connectivity index (χ3n) is 5.30. The molecule has 0 saturated carbocycles. The fraction of sp³-hybridized carbons (Fsp3) is 0.579. The number of anilines is 1. The quantitative estimate of drug-likeness (QED) is 0.765. The van der Waals surface area contributed by atoms with Gasteiger partial charge in [0.25, 0.3) is 10.2 Å². The number of thiazole rings is 1. The van der Waals surface area contributed by atoms with Crippen molar-refractivity contribution < 1.29 is 17.9 Å². The number of carbonyl (C=O) groups is 1. The predicted molar refractivity (Wildman–Crippen MR) is 117 cm³/mol. The average Bonchev–Trinajstić information content (AvgIpc) is 3.18. The van der Waals surface area contributed by atoms with Crippen LogP contribution >= 0.6 is 11.3 Å². The molecule has 0 radical (unpaired) electrons. The number of hydrogen-bond donors (Lipinski definition) is 1. The number of piperazine rings is 1. The van der Waals surface area contributed by atoms with E-state index in [0.29, 0.717) is 58.4 Å². The van der Waals surface area contributed by atoms with Crippen molar-refractivity contribution in [3.8, 4) is 0 Å². The molecule has 2 saturated heterocycles. The van der Waals surface area contributed by atoms with E-state index in [2.05, 4.69) is 24.1 Å². The summed E-state index contributed by atoms with van der Waals surface area (Å²) in [7, 11) is -3.50. The Morgan fingerprint density at radius 2 is 1.77 bits per heavy atom. The van der Waals surface area contributed by atoms with Crippen LogP contribution in [0.3, 0.4) is 0 Å². The van der Waals surface area contributed by atoms with E-state index < -0.39 is 10.2 Å². The molecule has 11 heteroatoms. The molecule has 3 heterocycles. The van der Waals surface area contributed by atoms with E-state index in [-0.39, 0.29) is 6.03 Å². The molecule has 1 aromatic heterocycles. The first-order valence-corrected chi connectivity index (χ1v) is 12.4. The standard InChI is InChI=1S/C19H27N5O4S2/c1-14(2)18-21-16-4-3-15(13-17(16)29-18)20-19(25)22-5-7-23(8-6-22)30(26,27)24-9-11-28-12-10-24/h3-4,13-14H,5-12H2,1-2H3,(H,20,25). The molecule has 2 aliphatic heterocycles. The van der Waals surface area contributed by atoms with Crippen LogP contribution in [-0.4, -0.2) is 85.4 Å². The highest BCUT2D eigenvalue weighted by Crippen LogP contribution is 2.29. The number of carbonyl (C=O) groups excluding carboxylic acids is 1. The molecular weight excluding hydrogens is 426 g/mol. The van der Waals surface area contributed by atoms with Crippen LogP contribution in [0, 0.1) is 0 Å². The number of ether oxygens (including phenoxy) is 1. The lowest BCUT2D eigenvalue weighted by Gasteiger charge is -2.37. The number of urea groups is 1. The lowest BCUT2D eigenvalue weighted by molar-refractivity contribution is 0.0691. The first-order chi connectivity index (χ1) is 14.3. The molecule has 9 nitrogen and oxygen atoms in total. The minimum atomic E-state index is -3.50. The molecule has 4 rings (SSSR count). The molecule has 1 aromatic carbocycles. The zero-order chi connectivity index (χ0) is 21.3. The van der Waals surface area contributed by atoms with Gasteiger partial charge in [0.1, 0.15) is 0 Å². The summed E-state index contributed by atoms with van der Waals surface area (Å²) in [6.07, 6.45) is 0. The van der Waals surface area contributed by atoms with Gasteiger partial charge in [0, 0.05) is 50.9 Å². The lowest BCUT2D eigenvalue weighted by Crippen LogP contribution is -2.56. The van der Waals surface area contributed by atoms with Crippen LogP contribution in [0.5, 0.6) is 0 Å². The minimum absolute atomic E-state index is 0.216. The second-order valence-corrected chi connectivity index (χ2v) is 10.7. The van der Waals surface area contributed by atoms with E-state index in [1.165, 1.54) is 8.61 Å². The second kappa shape index (κ2) is 8.75. The van der Waals surface area contributed by atoms with Crippen molar-refractivity contribution >= 4 is 43.5 Å². The number of amides is 2. The summed E-state index contributed by atoms with van der Waals surface area (Å²) in [4.78, 5) is 19.0. The van der Waals surface area contributed by atoms with Crippen LogP contribution < -0.4 is 5.32 Å². The number of aromatic nitrogens is 1. The normalized spacial score (nSPS) is 19.5. The van der Waals surface area contributed by atoms with E-state index in [1.807, 2.05) is 18.2 Å². The van der Waals surface area contributed by atoms with E-state index >= 15 is 0 Å². The van der Waals surface area contributed by atoms with Crippen molar-refractivity contribution in [1.29, 1.82) is 0 Å². The second-order valence-electron chi connectivity index (χ2n) is 7.72. The molecule has 2 aromatic rings. The van der Waals surface area contributed by atoms with Gasteiger partial charge in [-0.1, -0.05) is 13.8 Å². The molecule has 0 unspecified atom stereocenters. The third kappa shape index (κ3) is 4.45. The Bertz CT molecular complexity index is 1010. The topological polar surface area (TPSA) is 95.1 Å². The highest BCUT2D eigenvalue weighted by molar-refractivity contribution is 7.86. The Balaban J connectivity index is 1.36. The molecule has 2 amide bonds. The first-order valence-electron chi connectivity index (χ1n) is 10.1. The molecule has 2 fully saturated rings. The van der Waals surface area contributed by atoms with Crippen molar-refractivity contribution in [3.05, 3.63) is 23.2 Å². The Labute approximate surface area is 180 Å². The summed E-state index contributed by atoms with van der Waals surface area (Å²) in [6, 6.07) is 5.49. The number of morpholine rings is 1. The summed E-state index contributed by atoms with van der Waals surface area (Å²) in [5.74, 6) is 0.366. The Morgan fingerprint density at radius 3 is 2.43 bits per heavy atom. The van der Waals surface area contributed by atoms with E-state index in [9.17, 15) is 13.2 Å². The minimum Gasteiger partial charge on any atom is -0.379 e. The molecular formula is C19H27N5O4S2. The summed E-state index contributed by atoms with van der Waals surface area (Å²) in [5, 5.41) is 4.01. The van der Waals surface area contributed by atoms with Gasteiger partial charge in [-0.3, -0.25) is 0 Å². The van der Waals surface area contributed by atoms with Gasteiger partial charge >= 0.3 is 6.03 Å². The van der Waals surface area contributed by atoms with Crippen LogP contribution in [-0.2, 0) is 14.9 Å². The maximum absolute atomic E-state index is 12.8. The van der Waals surface area contributed by atoms with Gasteiger partial charge in [0.2, 0.25) is 0 Å². The van der Waals surface area contributed by atoms with E-state index in [0.717, 1.165) is 20.9 Å². The van der Waals surface area contributed by atoms with Gasteiger partial charge in [-0.05, 0) is 18.2 Å². The number of rotatable bonds is 4. The maximum atomic E-state index is 12.8. The van der Waals surface area contributed by atoms with Crippen molar-refractivity contribution in [2.75, 3.05) is 57.8 Å². The monoisotopic (exact) mass is 453 g/mol. The van der Waals surface area contributed by atoms with Crippen LogP contribution in [0.25, 0.3) is 10.2 Å². The molecule has 164 valence electrons. The van der Waals surface area contributed by atoms with E-state index in [1.54, 1.807) is 16.2 Å². The highest BCUT2D eigenvalue weighted by atomic mass is 32.2. The smallest absolute Gasteiger partial charge is 0.321 e. The summed E-state index contributed by atoms with van der Waals surface area (Å²) >= 11 is 1.64. The van der Waals surface area contributed by atoms with Crippen LogP contribution in [0.2, 0.25) is 0 Å². The number of nitrogens with one attached hydrogen (secondary N) is 1. The lowest BCUT2D eigenvalue weighted by atomic mass is 10.2.